The van der Waals surface area contributed by atoms with Crippen LogP contribution in [0, 0.1) is 6.92 Å². The number of urea groups is 1. The lowest BCUT2D eigenvalue weighted by atomic mass is 9.97. The third-order valence-corrected chi connectivity index (χ3v) is 4.88. The standard InChI is InChI=1S/C12H18N2O2S2/c1-9-2-3-10(18-9)14-11(15)13-8-12(16)4-6-17-7-5-12/h2-3,16H,4-8H2,1H3,(H2,13,14,15). The van der Waals surface area contributed by atoms with Crippen molar-refractivity contribution in [3.63, 3.8) is 0 Å². The molecule has 0 aromatic carbocycles. The van der Waals surface area contributed by atoms with Crippen molar-refractivity contribution in [2.75, 3.05) is 23.4 Å². The fraction of sp³-hybridized carbons (Fsp3) is 0.583. The molecule has 1 fully saturated rings. The lowest BCUT2D eigenvalue weighted by molar-refractivity contribution is 0.0351. The van der Waals surface area contributed by atoms with Gasteiger partial charge < -0.3 is 10.4 Å². The van der Waals surface area contributed by atoms with Gasteiger partial charge in [-0.3, -0.25) is 5.32 Å². The Hall–Kier alpha value is -0.720. The van der Waals surface area contributed by atoms with Crippen LogP contribution in [0.2, 0.25) is 0 Å². The second-order valence-electron chi connectivity index (χ2n) is 4.55. The fourth-order valence-electron chi connectivity index (χ4n) is 1.83. The number of nitrogens with one attached hydrogen (secondary N) is 2. The van der Waals surface area contributed by atoms with Crippen LogP contribution in [-0.2, 0) is 0 Å². The predicted octanol–water partition coefficient (Wildman–Crippen LogP) is 2.44. The van der Waals surface area contributed by atoms with Gasteiger partial charge in [0.1, 0.15) is 0 Å². The summed E-state index contributed by atoms with van der Waals surface area (Å²) in [5, 5.41) is 16.6. The molecular formula is C12H18N2O2S2. The summed E-state index contributed by atoms with van der Waals surface area (Å²) in [6.45, 7) is 2.32. The van der Waals surface area contributed by atoms with Crippen molar-refractivity contribution in [1.82, 2.24) is 5.32 Å². The summed E-state index contributed by atoms with van der Waals surface area (Å²) in [4.78, 5) is 12.8. The molecule has 1 saturated heterocycles. The monoisotopic (exact) mass is 286 g/mol. The first-order valence-electron chi connectivity index (χ1n) is 5.99. The Morgan fingerprint density at radius 2 is 2.17 bits per heavy atom. The average Bonchev–Trinajstić information content (AvgIpc) is 2.73. The molecule has 0 bridgehead atoms. The number of thiophene rings is 1. The van der Waals surface area contributed by atoms with Crippen LogP contribution >= 0.6 is 23.1 Å². The Balaban J connectivity index is 1.77. The molecule has 0 saturated carbocycles. The van der Waals surface area contributed by atoms with Crippen LogP contribution in [0.1, 0.15) is 17.7 Å². The van der Waals surface area contributed by atoms with Gasteiger partial charge in [0.25, 0.3) is 0 Å². The van der Waals surface area contributed by atoms with Crippen LogP contribution in [0.4, 0.5) is 9.80 Å². The van der Waals surface area contributed by atoms with Crippen LogP contribution in [-0.4, -0.2) is 34.8 Å². The molecule has 0 radical (unpaired) electrons. The molecule has 4 nitrogen and oxygen atoms in total. The maximum atomic E-state index is 11.7. The zero-order valence-electron chi connectivity index (χ0n) is 10.4. The quantitative estimate of drug-likeness (QED) is 0.800. The summed E-state index contributed by atoms with van der Waals surface area (Å²) < 4.78 is 0. The maximum Gasteiger partial charge on any atom is 0.319 e. The number of thioether (sulfide) groups is 1. The number of hydrogen-bond donors (Lipinski definition) is 3. The van der Waals surface area contributed by atoms with Crippen LogP contribution in [0.25, 0.3) is 0 Å². The van der Waals surface area contributed by atoms with E-state index in [1.807, 2.05) is 30.8 Å². The van der Waals surface area contributed by atoms with Gasteiger partial charge in [-0.05, 0) is 43.4 Å². The van der Waals surface area contributed by atoms with Gasteiger partial charge in [0.05, 0.1) is 10.6 Å². The highest BCUT2D eigenvalue weighted by atomic mass is 32.2. The molecule has 6 heteroatoms. The molecule has 0 aliphatic carbocycles. The van der Waals surface area contributed by atoms with Gasteiger partial charge in [0.2, 0.25) is 0 Å². The van der Waals surface area contributed by atoms with Crippen molar-refractivity contribution in [3.05, 3.63) is 17.0 Å². The molecule has 1 aliphatic rings. The highest BCUT2D eigenvalue weighted by Crippen LogP contribution is 2.26. The largest absolute Gasteiger partial charge is 0.388 e. The summed E-state index contributed by atoms with van der Waals surface area (Å²) in [6.07, 6.45) is 1.49. The lowest BCUT2D eigenvalue weighted by Gasteiger charge is -2.31. The van der Waals surface area contributed by atoms with Crippen molar-refractivity contribution in [2.45, 2.75) is 25.4 Å². The molecule has 1 aromatic rings. The highest BCUT2D eigenvalue weighted by Gasteiger charge is 2.29. The summed E-state index contributed by atoms with van der Waals surface area (Å²) in [7, 11) is 0. The van der Waals surface area contributed by atoms with E-state index in [0.29, 0.717) is 6.54 Å². The maximum absolute atomic E-state index is 11.7. The van der Waals surface area contributed by atoms with E-state index in [1.54, 1.807) is 0 Å². The van der Waals surface area contributed by atoms with E-state index < -0.39 is 5.60 Å². The first-order valence-corrected chi connectivity index (χ1v) is 7.96. The normalized spacial score (nSPS) is 18.3. The Morgan fingerprint density at radius 1 is 1.44 bits per heavy atom. The van der Waals surface area contributed by atoms with E-state index in [9.17, 15) is 9.90 Å². The van der Waals surface area contributed by atoms with Crippen LogP contribution < -0.4 is 10.6 Å². The predicted molar refractivity (Wildman–Crippen MR) is 77.6 cm³/mol. The number of hydrogen-bond acceptors (Lipinski definition) is 4. The van der Waals surface area contributed by atoms with Gasteiger partial charge in [0, 0.05) is 11.4 Å². The minimum atomic E-state index is -0.728. The third-order valence-electron chi connectivity index (χ3n) is 2.98. The molecule has 2 heterocycles. The number of anilines is 1. The van der Waals surface area contributed by atoms with Crippen LogP contribution in [0.5, 0.6) is 0 Å². The van der Waals surface area contributed by atoms with Gasteiger partial charge in [0.15, 0.2) is 0 Å². The molecule has 18 heavy (non-hydrogen) atoms. The number of aryl methyl sites for hydroxylation is 1. The van der Waals surface area contributed by atoms with Crippen molar-refractivity contribution >= 4 is 34.1 Å². The smallest absolute Gasteiger partial charge is 0.319 e. The Labute approximate surface area is 115 Å². The number of carbonyl (C=O) groups is 1. The SMILES string of the molecule is Cc1ccc(NC(=O)NCC2(O)CCSCC2)s1. The molecule has 3 N–H and O–H groups in total. The van der Waals surface area contributed by atoms with E-state index >= 15 is 0 Å². The molecule has 2 rings (SSSR count). The topological polar surface area (TPSA) is 61.4 Å². The molecule has 1 aliphatic heterocycles. The van der Waals surface area contributed by atoms with Gasteiger partial charge >= 0.3 is 6.03 Å². The third kappa shape index (κ3) is 3.90. The number of amides is 2. The van der Waals surface area contributed by atoms with E-state index in [2.05, 4.69) is 10.6 Å². The second-order valence-corrected chi connectivity index (χ2v) is 7.07. The minimum Gasteiger partial charge on any atom is -0.388 e. The molecule has 1 aromatic heterocycles. The van der Waals surface area contributed by atoms with Gasteiger partial charge in [-0.25, -0.2) is 4.79 Å². The first kappa shape index (κ1) is 13.7. The van der Waals surface area contributed by atoms with Crippen molar-refractivity contribution in [1.29, 1.82) is 0 Å². The van der Waals surface area contributed by atoms with Crippen molar-refractivity contribution < 1.29 is 9.90 Å². The summed E-state index contributed by atoms with van der Waals surface area (Å²) in [5.74, 6) is 1.92. The lowest BCUT2D eigenvalue weighted by Crippen LogP contribution is -2.46. The summed E-state index contributed by atoms with van der Waals surface area (Å²) in [6, 6.07) is 3.60. The molecule has 0 atom stereocenters. The van der Waals surface area contributed by atoms with E-state index in [-0.39, 0.29) is 6.03 Å². The van der Waals surface area contributed by atoms with E-state index in [4.69, 9.17) is 0 Å². The summed E-state index contributed by atoms with van der Waals surface area (Å²) >= 11 is 3.39. The van der Waals surface area contributed by atoms with Gasteiger partial charge in [-0.2, -0.15) is 11.8 Å². The molecule has 100 valence electrons. The number of aliphatic hydroxyl groups is 1. The number of carbonyl (C=O) groups excluding carboxylic acids is 1. The molecular weight excluding hydrogens is 268 g/mol. The Kier molecular flexibility index (Phi) is 4.53. The first-order chi connectivity index (χ1) is 8.57. The Bertz CT molecular complexity index is 414. The molecule has 0 unspecified atom stereocenters. The van der Waals surface area contributed by atoms with E-state index in [1.165, 1.54) is 11.3 Å². The van der Waals surface area contributed by atoms with Crippen LogP contribution in [0.3, 0.4) is 0 Å². The van der Waals surface area contributed by atoms with E-state index in [0.717, 1.165) is 34.2 Å². The number of rotatable bonds is 3. The van der Waals surface area contributed by atoms with Gasteiger partial charge in [-0.1, -0.05) is 0 Å². The second kappa shape index (κ2) is 5.95. The average molecular weight is 286 g/mol. The zero-order chi connectivity index (χ0) is 13.0. The Morgan fingerprint density at radius 3 is 2.78 bits per heavy atom. The van der Waals surface area contributed by atoms with Crippen molar-refractivity contribution in [3.8, 4) is 0 Å². The molecule has 0 spiro atoms. The van der Waals surface area contributed by atoms with Crippen molar-refractivity contribution in [2.24, 2.45) is 0 Å². The fourth-order valence-corrected chi connectivity index (χ4v) is 3.85. The zero-order valence-corrected chi connectivity index (χ0v) is 12.0. The minimum absolute atomic E-state index is 0.247. The van der Waals surface area contributed by atoms with Gasteiger partial charge in [-0.15, -0.1) is 11.3 Å². The highest BCUT2D eigenvalue weighted by molar-refractivity contribution is 7.99. The van der Waals surface area contributed by atoms with Crippen LogP contribution in [0.15, 0.2) is 12.1 Å². The molecule has 2 amide bonds. The summed E-state index contributed by atoms with van der Waals surface area (Å²) in [5.41, 5.74) is -0.728.